The van der Waals surface area contributed by atoms with Gasteiger partial charge in [0, 0.05) is 31.7 Å². The SMILES string of the molecule is CN(C1CCCCC1)S(=O)(=O)c1ccc2c(c1)CCN2C(=O)CCC(=O)O. The fraction of sp³-hybridized carbons (Fsp3) is 0.579. The normalized spacial score (nSPS) is 17.9. The lowest BCUT2D eigenvalue weighted by molar-refractivity contribution is -0.138. The van der Waals surface area contributed by atoms with Gasteiger partial charge < -0.3 is 10.0 Å². The van der Waals surface area contributed by atoms with Crippen molar-refractivity contribution in [3.05, 3.63) is 23.8 Å². The van der Waals surface area contributed by atoms with Gasteiger partial charge in [0.1, 0.15) is 0 Å². The van der Waals surface area contributed by atoms with Crippen LogP contribution in [0, 0.1) is 0 Å². The van der Waals surface area contributed by atoms with E-state index in [0.717, 1.165) is 37.7 Å². The van der Waals surface area contributed by atoms with Gasteiger partial charge in [0.25, 0.3) is 0 Å². The number of fused-ring (bicyclic) bond motifs is 1. The van der Waals surface area contributed by atoms with Crippen LogP contribution in [-0.4, -0.2) is 49.3 Å². The Morgan fingerprint density at radius 2 is 1.89 bits per heavy atom. The number of hydrogen-bond acceptors (Lipinski definition) is 4. The van der Waals surface area contributed by atoms with Gasteiger partial charge in [0.15, 0.2) is 0 Å². The third kappa shape index (κ3) is 4.16. The van der Waals surface area contributed by atoms with E-state index in [4.69, 9.17) is 5.11 Å². The third-order valence-electron chi connectivity index (χ3n) is 5.57. The van der Waals surface area contributed by atoms with E-state index in [9.17, 15) is 18.0 Å². The molecule has 8 heteroatoms. The maximum Gasteiger partial charge on any atom is 0.303 e. The Balaban J connectivity index is 1.78. The van der Waals surface area contributed by atoms with Gasteiger partial charge in [-0.1, -0.05) is 19.3 Å². The Morgan fingerprint density at radius 1 is 1.19 bits per heavy atom. The summed E-state index contributed by atoms with van der Waals surface area (Å²) in [7, 11) is -1.91. The minimum Gasteiger partial charge on any atom is -0.481 e. The minimum absolute atomic E-state index is 0.0473. The molecule has 0 aromatic heterocycles. The average Bonchev–Trinajstić information content (AvgIpc) is 3.09. The van der Waals surface area contributed by atoms with Crippen LogP contribution in [0.4, 0.5) is 5.69 Å². The highest BCUT2D eigenvalue weighted by Gasteiger charge is 2.31. The molecule has 0 unspecified atom stereocenters. The third-order valence-corrected chi connectivity index (χ3v) is 7.47. The molecule has 1 heterocycles. The lowest BCUT2D eigenvalue weighted by atomic mass is 9.96. The van der Waals surface area contributed by atoms with Crippen molar-refractivity contribution < 1.29 is 23.1 Å². The van der Waals surface area contributed by atoms with Gasteiger partial charge in [-0.15, -0.1) is 0 Å². The molecule has 1 fully saturated rings. The fourth-order valence-corrected chi connectivity index (χ4v) is 5.42. The van der Waals surface area contributed by atoms with E-state index in [-0.39, 0.29) is 29.7 Å². The first kappa shape index (κ1) is 19.8. The van der Waals surface area contributed by atoms with Crippen molar-refractivity contribution in [1.29, 1.82) is 0 Å². The van der Waals surface area contributed by atoms with Crippen LogP contribution in [-0.2, 0) is 26.0 Å². The Bertz CT molecular complexity index is 831. The van der Waals surface area contributed by atoms with Crippen LogP contribution < -0.4 is 4.90 Å². The van der Waals surface area contributed by atoms with E-state index < -0.39 is 16.0 Å². The van der Waals surface area contributed by atoms with Gasteiger partial charge in [-0.25, -0.2) is 8.42 Å². The van der Waals surface area contributed by atoms with Crippen molar-refractivity contribution in [3.63, 3.8) is 0 Å². The smallest absolute Gasteiger partial charge is 0.303 e. The molecule has 3 rings (SSSR count). The fourth-order valence-electron chi connectivity index (χ4n) is 3.95. The number of carbonyl (C=O) groups excluding carboxylic acids is 1. The van der Waals surface area contributed by atoms with E-state index >= 15 is 0 Å². The Kier molecular flexibility index (Phi) is 5.86. The molecule has 1 aromatic rings. The number of carboxylic acid groups (broad SMARTS) is 1. The van der Waals surface area contributed by atoms with E-state index in [1.165, 1.54) is 4.31 Å². The van der Waals surface area contributed by atoms with Crippen LogP contribution in [0.5, 0.6) is 0 Å². The zero-order chi connectivity index (χ0) is 19.6. The first-order chi connectivity index (χ1) is 12.8. The van der Waals surface area contributed by atoms with Gasteiger partial charge in [-0.05, 0) is 43.0 Å². The minimum atomic E-state index is -3.57. The molecule has 0 spiro atoms. The summed E-state index contributed by atoms with van der Waals surface area (Å²) in [5.74, 6) is -1.25. The number of rotatable bonds is 6. The van der Waals surface area contributed by atoms with Crippen LogP contribution in [0.15, 0.2) is 23.1 Å². The molecule has 1 aliphatic heterocycles. The number of benzene rings is 1. The molecule has 148 valence electrons. The first-order valence-corrected chi connectivity index (χ1v) is 10.9. The summed E-state index contributed by atoms with van der Waals surface area (Å²) in [5.41, 5.74) is 1.50. The monoisotopic (exact) mass is 394 g/mol. The molecule has 0 radical (unpaired) electrons. The lowest BCUT2D eigenvalue weighted by Gasteiger charge is -2.30. The van der Waals surface area contributed by atoms with Crippen LogP contribution in [0.2, 0.25) is 0 Å². The van der Waals surface area contributed by atoms with Crippen molar-refractivity contribution >= 4 is 27.6 Å². The molecular formula is C19H26N2O5S. The van der Waals surface area contributed by atoms with Gasteiger partial charge in [-0.2, -0.15) is 4.31 Å². The molecule has 0 saturated heterocycles. The predicted octanol–water partition coefficient (Wildman–Crippen LogP) is 2.39. The number of anilines is 1. The summed E-state index contributed by atoms with van der Waals surface area (Å²) in [4.78, 5) is 24.7. The molecule has 27 heavy (non-hydrogen) atoms. The van der Waals surface area contributed by atoms with Gasteiger partial charge in [0.2, 0.25) is 15.9 Å². The van der Waals surface area contributed by atoms with Crippen molar-refractivity contribution in [2.45, 2.75) is 62.3 Å². The van der Waals surface area contributed by atoms with E-state index in [2.05, 4.69) is 0 Å². The maximum atomic E-state index is 13.0. The standard InChI is InChI=1S/C19H26N2O5S/c1-20(15-5-3-2-4-6-15)27(25,26)16-7-8-17-14(13-16)11-12-21(17)18(22)9-10-19(23)24/h7-8,13,15H,2-6,9-12H2,1H3,(H,23,24). The summed E-state index contributed by atoms with van der Waals surface area (Å²) < 4.78 is 27.5. The Labute approximate surface area is 160 Å². The summed E-state index contributed by atoms with van der Waals surface area (Å²) in [5, 5.41) is 8.74. The highest BCUT2D eigenvalue weighted by Crippen LogP contribution is 2.33. The Morgan fingerprint density at radius 3 is 2.56 bits per heavy atom. The largest absolute Gasteiger partial charge is 0.481 e. The second kappa shape index (κ2) is 7.98. The number of nitrogens with zero attached hydrogens (tertiary/aromatic N) is 2. The molecular weight excluding hydrogens is 368 g/mol. The Hall–Kier alpha value is -1.93. The zero-order valence-electron chi connectivity index (χ0n) is 15.6. The second-order valence-corrected chi connectivity index (χ2v) is 9.29. The maximum absolute atomic E-state index is 13.0. The van der Waals surface area contributed by atoms with Crippen molar-refractivity contribution in [2.24, 2.45) is 0 Å². The van der Waals surface area contributed by atoms with Gasteiger partial charge in [-0.3, -0.25) is 9.59 Å². The van der Waals surface area contributed by atoms with E-state index in [1.807, 2.05) is 0 Å². The topological polar surface area (TPSA) is 95.0 Å². The van der Waals surface area contributed by atoms with Crippen LogP contribution in [0.25, 0.3) is 0 Å². The number of amides is 1. The predicted molar refractivity (Wildman–Crippen MR) is 101 cm³/mol. The summed E-state index contributed by atoms with van der Waals surface area (Å²) >= 11 is 0. The molecule has 0 atom stereocenters. The molecule has 0 bridgehead atoms. The number of carbonyl (C=O) groups is 2. The average molecular weight is 394 g/mol. The molecule has 1 saturated carbocycles. The van der Waals surface area contributed by atoms with Crippen LogP contribution >= 0.6 is 0 Å². The summed E-state index contributed by atoms with van der Waals surface area (Å²) in [6, 6.07) is 4.93. The van der Waals surface area contributed by atoms with E-state index in [1.54, 1.807) is 30.1 Å². The van der Waals surface area contributed by atoms with Crippen molar-refractivity contribution in [2.75, 3.05) is 18.5 Å². The lowest BCUT2D eigenvalue weighted by Crippen LogP contribution is -2.38. The zero-order valence-corrected chi connectivity index (χ0v) is 16.4. The molecule has 1 amide bonds. The summed E-state index contributed by atoms with van der Waals surface area (Å²) in [6.45, 7) is 0.454. The molecule has 1 aliphatic carbocycles. The summed E-state index contributed by atoms with van der Waals surface area (Å²) in [6.07, 6.45) is 5.38. The molecule has 1 N–H and O–H groups in total. The molecule has 2 aliphatic rings. The number of sulfonamides is 1. The van der Waals surface area contributed by atoms with Crippen molar-refractivity contribution in [3.8, 4) is 0 Å². The molecule has 7 nitrogen and oxygen atoms in total. The number of aliphatic carboxylic acids is 1. The van der Waals surface area contributed by atoms with Crippen LogP contribution in [0.3, 0.4) is 0 Å². The number of carboxylic acids is 1. The van der Waals surface area contributed by atoms with Crippen molar-refractivity contribution in [1.82, 2.24) is 4.31 Å². The van der Waals surface area contributed by atoms with Gasteiger partial charge >= 0.3 is 5.97 Å². The molecule has 1 aromatic carbocycles. The van der Waals surface area contributed by atoms with Gasteiger partial charge in [0.05, 0.1) is 11.3 Å². The van der Waals surface area contributed by atoms with Crippen LogP contribution in [0.1, 0.15) is 50.5 Å². The highest BCUT2D eigenvalue weighted by molar-refractivity contribution is 7.89. The van der Waals surface area contributed by atoms with E-state index in [0.29, 0.717) is 18.7 Å². The number of hydrogen-bond donors (Lipinski definition) is 1. The first-order valence-electron chi connectivity index (χ1n) is 9.44. The quantitative estimate of drug-likeness (QED) is 0.799. The second-order valence-electron chi connectivity index (χ2n) is 7.29. The highest BCUT2D eigenvalue weighted by atomic mass is 32.2.